The van der Waals surface area contributed by atoms with E-state index in [1.54, 1.807) is 34.7 Å². The molecule has 0 bridgehead atoms. The number of nitrogens with zero attached hydrogens (tertiary/aromatic N) is 2. The number of fused-ring (bicyclic) bond motifs is 1. The molecule has 118 valence electrons. The standard InChI is InChI=1S/C17H17N3O2S/c21-16-13-7-1-2-8-14(13)20(17(22)19-16)11-5-6-12-23-15-9-3-4-10-18-15/h1-4,7-10H,5-6,11-12H2,(H,19,21,22). The number of H-pyrrole nitrogens is 1. The maximum Gasteiger partial charge on any atom is 0.328 e. The van der Waals surface area contributed by atoms with Crippen LogP contribution in [-0.2, 0) is 6.54 Å². The van der Waals surface area contributed by atoms with Crippen LogP contribution in [0, 0.1) is 0 Å². The summed E-state index contributed by atoms with van der Waals surface area (Å²) in [5, 5.41) is 1.56. The Morgan fingerprint density at radius 1 is 1.04 bits per heavy atom. The van der Waals surface area contributed by atoms with E-state index < -0.39 is 0 Å². The zero-order chi connectivity index (χ0) is 16.1. The maximum atomic E-state index is 12.0. The van der Waals surface area contributed by atoms with Gasteiger partial charge in [0.05, 0.1) is 15.9 Å². The lowest BCUT2D eigenvalue weighted by atomic mass is 10.2. The topological polar surface area (TPSA) is 67.8 Å². The Kier molecular flexibility index (Phi) is 4.92. The third-order valence-corrected chi connectivity index (χ3v) is 4.60. The van der Waals surface area contributed by atoms with E-state index in [1.807, 2.05) is 30.3 Å². The third kappa shape index (κ3) is 3.71. The number of aryl methyl sites for hydroxylation is 1. The van der Waals surface area contributed by atoms with E-state index in [2.05, 4.69) is 9.97 Å². The van der Waals surface area contributed by atoms with Crippen LogP contribution in [0.5, 0.6) is 0 Å². The van der Waals surface area contributed by atoms with E-state index in [1.165, 1.54) is 0 Å². The van der Waals surface area contributed by atoms with E-state index in [0.717, 1.165) is 23.6 Å². The molecule has 0 unspecified atom stereocenters. The molecule has 2 aromatic heterocycles. The SMILES string of the molecule is O=c1[nH]c(=O)n(CCCCSc2ccccn2)c2ccccc12. The number of para-hydroxylation sites is 1. The molecule has 0 saturated heterocycles. The fraction of sp³-hybridized carbons (Fsp3) is 0.235. The highest BCUT2D eigenvalue weighted by Gasteiger charge is 2.06. The van der Waals surface area contributed by atoms with Crippen molar-refractivity contribution >= 4 is 22.7 Å². The summed E-state index contributed by atoms with van der Waals surface area (Å²) in [5.41, 5.74) is 0.0252. The second-order valence-corrected chi connectivity index (χ2v) is 6.27. The molecular weight excluding hydrogens is 310 g/mol. The van der Waals surface area contributed by atoms with Gasteiger partial charge in [0.1, 0.15) is 0 Å². The Hall–Kier alpha value is -2.34. The van der Waals surface area contributed by atoms with Crippen LogP contribution in [-0.4, -0.2) is 20.3 Å². The average Bonchev–Trinajstić information content (AvgIpc) is 2.58. The van der Waals surface area contributed by atoms with Crippen LogP contribution < -0.4 is 11.2 Å². The number of aromatic amines is 1. The Labute approximate surface area is 137 Å². The largest absolute Gasteiger partial charge is 0.328 e. The van der Waals surface area contributed by atoms with Crippen molar-refractivity contribution in [3.8, 4) is 0 Å². The summed E-state index contributed by atoms with van der Waals surface area (Å²) in [5.74, 6) is 0.951. The van der Waals surface area contributed by atoms with Crippen molar-refractivity contribution in [3.63, 3.8) is 0 Å². The number of aromatic nitrogens is 3. The lowest BCUT2D eigenvalue weighted by Crippen LogP contribution is -2.30. The minimum absolute atomic E-state index is 0.326. The molecule has 5 nitrogen and oxygen atoms in total. The first kappa shape index (κ1) is 15.6. The summed E-state index contributed by atoms with van der Waals surface area (Å²) < 4.78 is 1.64. The van der Waals surface area contributed by atoms with Gasteiger partial charge >= 0.3 is 5.69 Å². The summed E-state index contributed by atoms with van der Waals surface area (Å²) in [6.07, 6.45) is 3.63. The van der Waals surface area contributed by atoms with Crippen molar-refractivity contribution in [1.29, 1.82) is 0 Å². The van der Waals surface area contributed by atoms with Crippen molar-refractivity contribution in [3.05, 3.63) is 69.5 Å². The molecular formula is C17H17N3O2S. The molecule has 0 amide bonds. The third-order valence-electron chi connectivity index (χ3n) is 3.57. The number of benzene rings is 1. The minimum atomic E-state index is -0.342. The van der Waals surface area contributed by atoms with Crippen molar-refractivity contribution in [1.82, 2.24) is 14.5 Å². The van der Waals surface area contributed by atoms with Crippen molar-refractivity contribution < 1.29 is 0 Å². The highest BCUT2D eigenvalue weighted by Crippen LogP contribution is 2.16. The van der Waals surface area contributed by atoms with E-state index in [9.17, 15) is 9.59 Å². The van der Waals surface area contributed by atoms with Gasteiger partial charge < -0.3 is 0 Å². The summed E-state index contributed by atoms with van der Waals surface area (Å²) in [7, 11) is 0. The molecule has 3 rings (SSSR count). The number of rotatable bonds is 6. The van der Waals surface area contributed by atoms with Gasteiger partial charge in [-0.15, -0.1) is 11.8 Å². The number of thioether (sulfide) groups is 1. The molecule has 0 spiro atoms. The second-order valence-electron chi connectivity index (χ2n) is 5.15. The molecule has 2 heterocycles. The summed E-state index contributed by atoms with van der Waals surface area (Å²) in [4.78, 5) is 30.5. The maximum absolute atomic E-state index is 12.0. The highest BCUT2D eigenvalue weighted by molar-refractivity contribution is 7.99. The predicted molar refractivity (Wildman–Crippen MR) is 93.0 cm³/mol. The first-order valence-electron chi connectivity index (χ1n) is 7.51. The average molecular weight is 327 g/mol. The fourth-order valence-corrected chi connectivity index (χ4v) is 3.31. The van der Waals surface area contributed by atoms with Crippen LogP contribution >= 0.6 is 11.8 Å². The van der Waals surface area contributed by atoms with Gasteiger partial charge in [-0.1, -0.05) is 18.2 Å². The number of unbranched alkanes of at least 4 members (excludes halogenated alkanes) is 1. The molecule has 23 heavy (non-hydrogen) atoms. The van der Waals surface area contributed by atoms with Crippen LogP contribution in [0.3, 0.4) is 0 Å². The molecule has 0 aliphatic rings. The molecule has 1 N–H and O–H groups in total. The van der Waals surface area contributed by atoms with E-state index >= 15 is 0 Å². The lowest BCUT2D eigenvalue weighted by Gasteiger charge is -2.09. The number of pyridine rings is 1. The van der Waals surface area contributed by atoms with Crippen molar-refractivity contribution in [2.75, 3.05) is 5.75 Å². The molecule has 6 heteroatoms. The molecule has 0 radical (unpaired) electrons. The first-order valence-corrected chi connectivity index (χ1v) is 8.50. The van der Waals surface area contributed by atoms with Gasteiger partial charge in [-0.25, -0.2) is 9.78 Å². The van der Waals surface area contributed by atoms with Crippen LogP contribution in [0.15, 0.2) is 63.3 Å². The normalized spacial score (nSPS) is 11.0. The summed E-state index contributed by atoms with van der Waals surface area (Å²) in [6.45, 7) is 0.596. The number of nitrogens with one attached hydrogen (secondary N) is 1. The lowest BCUT2D eigenvalue weighted by molar-refractivity contribution is 0.620. The Bertz CT molecular complexity index is 903. The van der Waals surface area contributed by atoms with Crippen molar-refractivity contribution in [2.24, 2.45) is 0 Å². The summed E-state index contributed by atoms with van der Waals surface area (Å²) in [6, 6.07) is 13.1. The molecule has 0 fully saturated rings. The molecule has 0 aliphatic heterocycles. The predicted octanol–water partition coefficient (Wildman–Crippen LogP) is 2.66. The first-order chi connectivity index (χ1) is 11.3. The van der Waals surface area contributed by atoms with Gasteiger partial charge in [-0.05, 0) is 42.9 Å². The minimum Gasteiger partial charge on any atom is -0.293 e. The quantitative estimate of drug-likeness (QED) is 0.558. The summed E-state index contributed by atoms with van der Waals surface area (Å²) >= 11 is 1.71. The van der Waals surface area contributed by atoms with Gasteiger partial charge in [-0.3, -0.25) is 14.3 Å². The fourth-order valence-electron chi connectivity index (χ4n) is 2.45. The molecule has 0 saturated carbocycles. The Morgan fingerprint density at radius 2 is 1.87 bits per heavy atom. The Morgan fingerprint density at radius 3 is 2.70 bits per heavy atom. The van der Waals surface area contributed by atoms with Crippen LogP contribution in [0.1, 0.15) is 12.8 Å². The van der Waals surface area contributed by atoms with E-state index in [4.69, 9.17) is 0 Å². The van der Waals surface area contributed by atoms with Gasteiger partial charge in [0, 0.05) is 12.7 Å². The number of hydrogen-bond donors (Lipinski definition) is 1. The van der Waals surface area contributed by atoms with Gasteiger partial charge in [-0.2, -0.15) is 0 Å². The second kappa shape index (κ2) is 7.28. The van der Waals surface area contributed by atoms with Crippen LogP contribution in [0.2, 0.25) is 0 Å². The zero-order valence-corrected chi connectivity index (χ0v) is 13.4. The Balaban J connectivity index is 1.64. The molecule has 3 aromatic rings. The molecule has 0 aliphatic carbocycles. The van der Waals surface area contributed by atoms with E-state index in [-0.39, 0.29) is 11.2 Å². The molecule has 1 aromatic carbocycles. The monoisotopic (exact) mass is 327 g/mol. The van der Waals surface area contributed by atoms with Gasteiger partial charge in [0.15, 0.2) is 0 Å². The van der Waals surface area contributed by atoms with Crippen LogP contribution in [0.25, 0.3) is 10.9 Å². The number of hydrogen-bond acceptors (Lipinski definition) is 4. The van der Waals surface area contributed by atoms with Crippen molar-refractivity contribution in [2.45, 2.75) is 24.4 Å². The smallest absolute Gasteiger partial charge is 0.293 e. The zero-order valence-electron chi connectivity index (χ0n) is 12.6. The van der Waals surface area contributed by atoms with Gasteiger partial charge in [0.25, 0.3) is 5.56 Å². The molecule has 0 atom stereocenters. The van der Waals surface area contributed by atoms with Gasteiger partial charge in [0.2, 0.25) is 0 Å². The highest BCUT2D eigenvalue weighted by atomic mass is 32.2. The van der Waals surface area contributed by atoms with Crippen LogP contribution in [0.4, 0.5) is 0 Å². The van der Waals surface area contributed by atoms with E-state index in [0.29, 0.717) is 17.4 Å².